The van der Waals surface area contributed by atoms with Crippen molar-refractivity contribution in [2.75, 3.05) is 19.3 Å². The largest absolute Gasteiger partial charge is 0.487 e. The molecule has 1 aromatic heterocycles. The number of hydrogen-bond acceptors (Lipinski definition) is 6. The standard InChI is InChI=1S/C22H24N4O4S/c1-31(28,29)21-10-7-17(8-11-21)9-12-22(27)25-14-19(15-25)26-13-18(23-24-26)16-30-20-5-3-2-4-6-20/h2-8,10-11,13,19H,9,12,14-16H2,1H3. The van der Waals surface area contributed by atoms with Gasteiger partial charge in [-0.2, -0.15) is 0 Å². The summed E-state index contributed by atoms with van der Waals surface area (Å²) in [4.78, 5) is 14.5. The predicted molar refractivity (Wildman–Crippen MR) is 114 cm³/mol. The van der Waals surface area contributed by atoms with E-state index in [0.29, 0.717) is 32.5 Å². The lowest BCUT2D eigenvalue weighted by atomic mass is 10.1. The lowest BCUT2D eigenvalue weighted by Gasteiger charge is -2.39. The summed E-state index contributed by atoms with van der Waals surface area (Å²) in [6, 6.07) is 16.3. The molecule has 3 aromatic rings. The van der Waals surface area contributed by atoms with Gasteiger partial charge in [0, 0.05) is 25.8 Å². The molecule has 162 valence electrons. The Labute approximate surface area is 181 Å². The molecule has 1 aliphatic heterocycles. The first-order valence-electron chi connectivity index (χ1n) is 10.0. The van der Waals surface area contributed by atoms with Gasteiger partial charge < -0.3 is 9.64 Å². The van der Waals surface area contributed by atoms with Crippen molar-refractivity contribution in [1.82, 2.24) is 19.9 Å². The molecule has 0 N–H and O–H groups in total. The van der Waals surface area contributed by atoms with Gasteiger partial charge in [-0.05, 0) is 36.2 Å². The number of rotatable bonds is 8. The molecular weight excluding hydrogens is 416 g/mol. The molecule has 9 heteroatoms. The van der Waals surface area contributed by atoms with Gasteiger partial charge in [0.2, 0.25) is 5.91 Å². The topological polar surface area (TPSA) is 94.4 Å². The van der Waals surface area contributed by atoms with Crippen LogP contribution in [0, 0.1) is 0 Å². The van der Waals surface area contributed by atoms with Crippen molar-refractivity contribution < 1.29 is 17.9 Å². The van der Waals surface area contributed by atoms with E-state index in [1.165, 1.54) is 6.26 Å². The summed E-state index contributed by atoms with van der Waals surface area (Å²) in [6.07, 6.45) is 4.01. The Balaban J connectivity index is 1.22. The maximum absolute atomic E-state index is 12.4. The minimum absolute atomic E-state index is 0.0798. The van der Waals surface area contributed by atoms with Gasteiger partial charge in [0.15, 0.2) is 9.84 Å². The van der Waals surface area contributed by atoms with Crippen LogP contribution in [0.2, 0.25) is 0 Å². The van der Waals surface area contributed by atoms with E-state index in [1.807, 2.05) is 36.5 Å². The second-order valence-electron chi connectivity index (χ2n) is 7.66. The molecule has 2 heterocycles. The molecular formula is C22H24N4O4S. The first-order chi connectivity index (χ1) is 14.9. The number of hydrogen-bond donors (Lipinski definition) is 0. The van der Waals surface area contributed by atoms with Crippen molar-refractivity contribution in [1.29, 1.82) is 0 Å². The molecule has 0 bridgehead atoms. The molecule has 1 amide bonds. The van der Waals surface area contributed by atoms with Crippen LogP contribution in [0.25, 0.3) is 0 Å². The van der Waals surface area contributed by atoms with Crippen LogP contribution in [-0.4, -0.2) is 53.6 Å². The van der Waals surface area contributed by atoms with E-state index in [-0.39, 0.29) is 16.8 Å². The molecule has 1 aliphatic rings. The number of aryl methyl sites for hydroxylation is 1. The number of likely N-dealkylation sites (tertiary alicyclic amines) is 1. The van der Waals surface area contributed by atoms with E-state index in [0.717, 1.165) is 17.0 Å². The molecule has 0 aliphatic carbocycles. The Morgan fingerprint density at radius 2 is 1.81 bits per heavy atom. The van der Waals surface area contributed by atoms with Crippen LogP contribution in [0.3, 0.4) is 0 Å². The molecule has 0 spiro atoms. The number of carbonyl (C=O) groups is 1. The number of carbonyl (C=O) groups excluding carboxylic acids is 1. The summed E-state index contributed by atoms with van der Waals surface area (Å²) in [5.74, 6) is 0.861. The molecule has 31 heavy (non-hydrogen) atoms. The van der Waals surface area contributed by atoms with Crippen LogP contribution in [-0.2, 0) is 27.7 Å². The summed E-state index contributed by atoms with van der Waals surface area (Å²) >= 11 is 0. The molecule has 1 saturated heterocycles. The van der Waals surface area contributed by atoms with E-state index in [9.17, 15) is 13.2 Å². The van der Waals surface area contributed by atoms with Gasteiger partial charge in [0.25, 0.3) is 0 Å². The number of para-hydroxylation sites is 1. The number of nitrogens with zero attached hydrogens (tertiary/aromatic N) is 4. The van der Waals surface area contributed by atoms with Crippen LogP contribution in [0.1, 0.15) is 23.7 Å². The summed E-state index contributed by atoms with van der Waals surface area (Å²) in [5, 5.41) is 8.31. The van der Waals surface area contributed by atoms with Crippen molar-refractivity contribution in [2.24, 2.45) is 0 Å². The summed E-state index contributed by atoms with van der Waals surface area (Å²) in [7, 11) is -3.20. The lowest BCUT2D eigenvalue weighted by molar-refractivity contribution is -0.137. The van der Waals surface area contributed by atoms with E-state index in [4.69, 9.17) is 4.74 Å². The highest BCUT2D eigenvalue weighted by Crippen LogP contribution is 2.22. The fraction of sp³-hybridized carbons (Fsp3) is 0.318. The molecule has 0 saturated carbocycles. The van der Waals surface area contributed by atoms with Gasteiger partial charge in [-0.25, -0.2) is 13.1 Å². The average molecular weight is 441 g/mol. The quantitative estimate of drug-likeness (QED) is 0.533. The first kappa shape index (κ1) is 21.0. The maximum Gasteiger partial charge on any atom is 0.223 e. The molecule has 1 fully saturated rings. The van der Waals surface area contributed by atoms with Gasteiger partial charge in [0.1, 0.15) is 18.1 Å². The Morgan fingerprint density at radius 1 is 1.10 bits per heavy atom. The summed E-state index contributed by atoms with van der Waals surface area (Å²) < 4.78 is 30.5. The van der Waals surface area contributed by atoms with E-state index >= 15 is 0 Å². The zero-order chi connectivity index (χ0) is 21.8. The molecule has 0 atom stereocenters. The van der Waals surface area contributed by atoms with Gasteiger partial charge in [-0.15, -0.1) is 5.10 Å². The normalized spacial score (nSPS) is 14.3. The lowest BCUT2D eigenvalue weighted by Crippen LogP contribution is -2.51. The monoisotopic (exact) mass is 440 g/mol. The number of ether oxygens (including phenoxy) is 1. The predicted octanol–water partition coefficient (Wildman–Crippen LogP) is 2.28. The minimum Gasteiger partial charge on any atom is -0.487 e. The van der Waals surface area contributed by atoms with E-state index in [1.54, 1.807) is 33.8 Å². The van der Waals surface area contributed by atoms with Crippen LogP contribution in [0.4, 0.5) is 0 Å². The number of sulfone groups is 1. The van der Waals surface area contributed by atoms with Crippen molar-refractivity contribution in [3.8, 4) is 5.75 Å². The van der Waals surface area contributed by atoms with Gasteiger partial charge in [-0.3, -0.25) is 4.79 Å². The minimum atomic E-state index is -3.20. The third-order valence-electron chi connectivity index (χ3n) is 5.26. The number of aromatic nitrogens is 3. The first-order valence-corrected chi connectivity index (χ1v) is 11.9. The Kier molecular flexibility index (Phi) is 6.03. The Bertz CT molecular complexity index is 1140. The van der Waals surface area contributed by atoms with Gasteiger partial charge in [-0.1, -0.05) is 35.5 Å². The van der Waals surface area contributed by atoms with Gasteiger partial charge in [0.05, 0.1) is 17.1 Å². The third-order valence-corrected chi connectivity index (χ3v) is 6.38. The second kappa shape index (κ2) is 8.89. The Hall–Kier alpha value is -3.20. The second-order valence-corrected chi connectivity index (χ2v) is 9.68. The van der Waals surface area contributed by atoms with Gasteiger partial charge >= 0.3 is 0 Å². The van der Waals surface area contributed by atoms with E-state index in [2.05, 4.69) is 10.3 Å². The fourth-order valence-corrected chi connectivity index (χ4v) is 4.00. The highest BCUT2D eigenvalue weighted by atomic mass is 32.2. The number of benzene rings is 2. The molecule has 8 nitrogen and oxygen atoms in total. The smallest absolute Gasteiger partial charge is 0.223 e. The highest BCUT2D eigenvalue weighted by Gasteiger charge is 2.32. The van der Waals surface area contributed by atoms with Crippen LogP contribution >= 0.6 is 0 Å². The van der Waals surface area contributed by atoms with Crippen molar-refractivity contribution >= 4 is 15.7 Å². The van der Waals surface area contributed by atoms with Crippen LogP contribution in [0.15, 0.2) is 65.7 Å². The molecule has 4 rings (SSSR count). The van der Waals surface area contributed by atoms with Crippen LogP contribution in [0.5, 0.6) is 5.75 Å². The van der Waals surface area contributed by atoms with E-state index < -0.39 is 9.84 Å². The number of amides is 1. The van der Waals surface area contributed by atoms with Crippen molar-refractivity contribution in [3.63, 3.8) is 0 Å². The molecule has 2 aromatic carbocycles. The molecule has 0 radical (unpaired) electrons. The maximum atomic E-state index is 12.4. The zero-order valence-corrected chi connectivity index (χ0v) is 18.0. The SMILES string of the molecule is CS(=O)(=O)c1ccc(CCC(=O)N2CC(n3cc(COc4ccccc4)nn3)C2)cc1. The Morgan fingerprint density at radius 3 is 2.48 bits per heavy atom. The summed E-state index contributed by atoms with van der Waals surface area (Å²) in [5.41, 5.74) is 1.68. The summed E-state index contributed by atoms with van der Waals surface area (Å²) in [6.45, 7) is 1.56. The third kappa shape index (κ3) is 5.29. The highest BCUT2D eigenvalue weighted by molar-refractivity contribution is 7.90. The van der Waals surface area contributed by atoms with Crippen molar-refractivity contribution in [3.05, 3.63) is 72.1 Å². The molecule has 0 unspecified atom stereocenters. The fourth-order valence-electron chi connectivity index (χ4n) is 3.37. The average Bonchev–Trinajstić information content (AvgIpc) is 3.18. The zero-order valence-electron chi connectivity index (χ0n) is 17.2. The van der Waals surface area contributed by atoms with Crippen molar-refractivity contribution in [2.45, 2.75) is 30.4 Å². The van der Waals surface area contributed by atoms with Crippen LogP contribution < -0.4 is 4.74 Å².